The largest absolute Gasteiger partial charge is 0.497 e. The van der Waals surface area contributed by atoms with Gasteiger partial charge in [0.2, 0.25) is 5.95 Å². The van der Waals surface area contributed by atoms with Gasteiger partial charge < -0.3 is 20.7 Å². The topological polar surface area (TPSA) is 93.4 Å². The summed E-state index contributed by atoms with van der Waals surface area (Å²) in [5.41, 5.74) is 6.81. The number of rotatable bonds is 6. The Morgan fingerprint density at radius 1 is 1.24 bits per heavy atom. The number of aromatic nitrogens is 2. The van der Waals surface area contributed by atoms with Crippen molar-refractivity contribution in [3.05, 3.63) is 47.8 Å². The zero-order valence-corrected chi connectivity index (χ0v) is 14.1. The van der Waals surface area contributed by atoms with Gasteiger partial charge in [-0.05, 0) is 29.5 Å². The first kappa shape index (κ1) is 15.8. The van der Waals surface area contributed by atoms with Gasteiger partial charge in [0, 0.05) is 38.1 Å². The third-order valence-corrected chi connectivity index (χ3v) is 5.10. The molecule has 1 aromatic heterocycles. The molecule has 0 bridgehead atoms. The molecule has 1 aromatic carbocycles. The van der Waals surface area contributed by atoms with Crippen molar-refractivity contribution in [3.8, 4) is 5.75 Å². The highest BCUT2D eigenvalue weighted by atomic mass is 16.5. The number of fused-ring (bicyclic) bond motifs is 1. The molecule has 1 saturated carbocycles. The van der Waals surface area contributed by atoms with E-state index in [0.717, 1.165) is 25.4 Å². The van der Waals surface area contributed by atoms with Crippen LogP contribution in [0.4, 0.5) is 5.95 Å². The van der Waals surface area contributed by atoms with Gasteiger partial charge in [-0.25, -0.2) is 9.97 Å². The lowest BCUT2D eigenvalue weighted by Crippen LogP contribution is -2.32. The van der Waals surface area contributed by atoms with Crippen LogP contribution in [0.25, 0.3) is 0 Å². The van der Waals surface area contributed by atoms with E-state index < -0.39 is 5.91 Å². The third kappa shape index (κ3) is 3.15. The summed E-state index contributed by atoms with van der Waals surface area (Å²) in [6, 6.07) is 8.71. The van der Waals surface area contributed by atoms with Crippen LogP contribution in [0.3, 0.4) is 0 Å². The van der Waals surface area contributed by atoms with Gasteiger partial charge in [-0.3, -0.25) is 4.79 Å². The van der Waals surface area contributed by atoms with Crippen LogP contribution < -0.4 is 20.7 Å². The van der Waals surface area contributed by atoms with Crippen LogP contribution in [0, 0.1) is 11.8 Å². The predicted octanol–water partition coefficient (Wildman–Crippen LogP) is 0.809. The lowest BCUT2D eigenvalue weighted by Gasteiger charge is -2.20. The zero-order valence-electron chi connectivity index (χ0n) is 14.1. The molecule has 1 aliphatic heterocycles. The summed E-state index contributed by atoms with van der Waals surface area (Å²) in [6.07, 6.45) is 2.99. The summed E-state index contributed by atoms with van der Waals surface area (Å²) in [6.45, 7) is 2.76. The fourth-order valence-corrected chi connectivity index (χ4v) is 3.58. The maximum Gasteiger partial charge on any atom is 0.251 e. The van der Waals surface area contributed by atoms with Crippen LogP contribution in [0.2, 0.25) is 0 Å². The molecule has 2 heterocycles. The standard InChI is InChI=1S/C18H21N5O2/c1-25-13-4-2-11(3-5-13)6-20-16-14-9-23(10-15(14)16)18-21-7-12(8-22-18)17(19)24/h2-5,7-8,14-16,20H,6,9-10H2,1H3,(H2,19,24). The lowest BCUT2D eigenvalue weighted by molar-refractivity contribution is 0.0999. The minimum Gasteiger partial charge on any atom is -0.497 e. The van der Waals surface area contributed by atoms with Crippen LogP contribution in [0.5, 0.6) is 5.75 Å². The summed E-state index contributed by atoms with van der Waals surface area (Å²) in [5, 5.41) is 3.64. The second kappa shape index (κ2) is 6.33. The normalized spacial score (nSPS) is 24.0. The number of methoxy groups -OCH3 is 1. The average Bonchev–Trinajstić information content (AvgIpc) is 3.09. The van der Waals surface area contributed by atoms with Gasteiger partial charge >= 0.3 is 0 Å². The van der Waals surface area contributed by atoms with E-state index >= 15 is 0 Å². The zero-order chi connectivity index (χ0) is 17.4. The van der Waals surface area contributed by atoms with Crippen LogP contribution in [0.1, 0.15) is 15.9 Å². The van der Waals surface area contributed by atoms with Crippen LogP contribution in [-0.4, -0.2) is 42.1 Å². The first-order valence-electron chi connectivity index (χ1n) is 8.39. The molecule has 2 fully saturated rings. The van der Waals surface area contributed by atoms with Crippen molar-refractivity contribution in [3.63, 3.8) is 0 Å². The SMILES string of the molecule is COc1ccc(CNC2C3CN(c4ncc(C(N)=O)cn4)CC32)cc1. The molecule has 4 rings (SSSR count). The minimum atomic E-state index is -0.501. The highest BCUT2D eigenvalue weighted by molar-refractivity contribution is 5.92. The number of primary amides is 1. The first-order chi connectivity index (χ1) is 12.2. The molecule has 2 atom stereocenters. The molecule has 7 heteroatoms. The maximum atomic E-state index is 11.1. The van der Waals surface area contributed by atoms with Crippen LogP contribution in [-0.2, 0) is 6.54 Å². The predicted molar refractivity (Wildman–Crippen MR) is 93.4 cm³/mol. The van der Waals surface area contributed by atoms with Crippen molar-refractivity contribution in [2.24, 2.45) is 17.6 Å². The van der Waals surface area contributed by atoms with E-state index in [-0.39, 0.29) is 0 Å². The Labute approximate surface area is 146 Å². The molecule has 2 unspecified atom stereocenters. The summed E-state index contributed by atoms with van der Waals surface area (Å²) in [7, 11) is 1.68. The van der Waals surface area contributed by atoms with Crippen molar-refractivity contribution in [2.45, 2.75) is 12.6 Å². The molecule has 0 spiro atoms. The number of anilines is 1. The number of nitrogens with one attached hydrogen (secondary N) is 1. The summed E-state index contributed by atoms with van der Waals surface area (Å²) >= 11 is 0. The van der Waals surface area contributed by atoms with Gasteiger partial charge in [0.05, 0.1) is 12.7 Å². The molecule has 25 heavy (non-hydrogen) atoms. The fraction of sp³-hybridized carbons (Fsp3) is 0.389. The third-order valence-electron chi connectivity index (χ3n) is 5.10. The van der Waals surface area contributed by atoms with Crippen molar-refractivity contribution in [2.75, 3.05) is 25.1 Å². The Bertz CT molecular complexity index is 750. The number of nitrogens with zero attached hydrogens (tertiary/aromatic N) is 3. The van der Waals surface area contributed by atoms with Gasteiger partial charge in [-0.15, -0.1) is 0 Å². The quantitative estimate of drug-likeness (QED) is 0.809. The smallest absolute Gasteiger partial charge is 0.251 e. The number of hydrogen-bond acceptors (Lipinski definition) is 6. The van der Waals surface area contributed by atoms with E-state index in [1.54, 1.807) is 7.11 Å². The summed E-state index contributed by atoms with van der Waals surface area (Å²) < 4.78 is 5.18. The molecular formula is C18H21N5O2. The summed E-state index contributed by atoms with van der Waals surface area (Å²) in [5.74, 6) is 2.32. The maximum absolute atomic E-state index is 11.1. The number of piperidine rings is 1. The van der Waals surface area contributed by atoms with Gasteiger partial charge in [-0.1, -0.05) is 12.1 Å². The molecule has 0 radical (unpaired) electrons. The van der Waals surface area contributed by atoms with Crippen molar-refractivity contribution < 1.29 is 9.53 Å². The number of ether oxygens (including phenoxy) is 1. The average molecular weight is 339 g/mol. The number of benzene rings is 1. The van der Waals surface area contributed by atoms with Gasteiger partial charge in [0.1, 0.15) is 5.75 Å². The molecule has 2 aromatic rings. The first-order valence-corrected chi connectivity index (χ1v) is 8.39. The van der Waals surface area contributed by atoms with E-state index in [1.165, 1.54) is 18.0 Å². The van der Waals surface area contributed by atoms with Crippen molar-refractivity contribution in [1.29, 1.82) is 0 Å². The Morgan fingerprint density at radius 2 is 1.88 bits per heavy atom. The second-order valence-corrected chi connectivity index (χ2v) is 6.62. The fourth-order valence-electron chi connectivity index (χ4n) is 3.58. The number of hydrogen-bond donors (Lipinski definition) is 2. The molecule has 3 N–H and O–H groups in total. The van der Waals surface area contributed by atoms with E-state index in [9.17, 15) is 4.79 Å². The molecule has 1 aliphatic carbocycles. The number of carbonyl (C=O) groups excluding carboxylic acids is 1. The van der Waals surface area contributed by atoms with E-state index in [2.05, 4.69) is 32.3 Å². The Morgan fingerprint density at radius 3 is 2.44 bits per heavy atom. The van der Waals surface area contributed by atoms with Gasteiger partial charge in [-0.2, -0.15) is 0 Å². The molecular weight excluding hydrogens is 318 g/mol. The van der Waals surface area contributed by atoms with Crippen LogP contribution in [0.15, 0.2) is 36.7 Å². The Hall–Kier alpha value is -2.67. The van der Waals surface area contributed by atoms with Gasteiger partial charge in [0.25, 0.3) is 5.91 Å². The van der Waals surface area contributed by atoms with Crippen LogP contribution >= 0.6 is 0 Å². The number of amides is 1. The second-order valence-electron chi connectivity index (χ2n) is 6.62. The van der Waals surface area contributed by atoms with Crippen molar-refractivity contribution in [1.82, 2.24) is 15.3 Å². The molecule has 1 saturated heterocycles. The summed E-state index contributed by atoms with van der Waals surface area (Å²) in [4.78, 5) is 21.8. The van der Waals surface area contributed by atoms with E-state index in [0.29, 0.717) is 29.4 Å². The van der Waals surface area contributed by atoms with Crippen molar-refractivity contribution >= 4 is 11.9 Å². The Kier molecular flexibility index (Phi) is 4.01. The molecule has 7 nitrogen and oxygen atoms in total. The number of carbonyl (C=O) groups is 1. The molecule has 1 amide bonds. The lowest BCUT2D eigenvalue weighted by atomic mass is 10.2. The molecule has 130 valence electrons. The highest BCUT2D eigenvalue weighted by Gasteiger charge is 2.55. The van der Waals surface area contributed by atoms with E-state index in [4.69, 9.17) is 10.5 Å². The highest BCUT2D eigenvalue weighted by Crippen LogP contribution is 2.46. The monoisotopic (exact) mass is 339 g/mol. The molecule has 2 aliphatic rings. The number of nitrogens with two attached hydrogens (primary N) is 1. The Balaban J connectivity index is 1.28. The van der Waals surface area contributed by atoms with E-state index in [1.807, 2.05) is 12.1 Å². The van der Waals surface area contributed by atoms with Gasteiger partial charge in [0.15, 0.2) is 0 Å². The minimum absolute atomic E-state index is 0.340.